The van der Waals surface area contributed by atoms with Crippen LogP contribution >= 0.6 is 11.3 Å². The molecule has 0 amide bonds. The van der Waals surface area contributed by atoms with Gasteiger partial charge in [-0.15, -0.1) is 11.3 Å². The van der Waals surface area contributed by atoms with Gasteiger partial charge in [-0.05, 0) is 24.3 Å². The van der Waals surface area contributed by atoms with E-state index in [9.17, 15) is 0 Å². The standard InChI is InChI=1S/C8H9NS/c9-6-2-1-4-8-5-3-7-10-8/h3,5,7H,1-2,4H2. The fourth-order valence-corrected chi connectivity index (χ4v) is 1.55. The molecular formula is C8H9NS. The minimum absolute atomic E-state index is 0.678. The number of nitrogens with zero attached hydrogens (tertiary/aromatic N) is 1. The molecule has 0 aliphatic rings. The SMILES string of the molecule is N#CCCCc1cccs1. The van der Waals surface area contributed by atoms with Gasteiger partial charge in [0, 0.05) is 11.3 Å². The normalized spacial score (nSPS) is 9.10. The second kappa shape index (κ2) is 4.08. The molecule has 0 aliphatic carbocycles. The molecule has 0 radical (unpaired) electrons. The average Bonchev–Trinajstić information content (AvgIpc) is 2.41. The number of nitriles is 1. The predicted octanol–water partition coefficient (Wildman–Crippen LogP) is 2.59. The van der Waals surface area contributed by atoms with E-state index in [1.807, 2.05) is 6.07 Å². The molecule has 0 saturated carbocycles. The summed E-state index contributed by atoms with van der Waals surface area (Å²) >= 11 is 1.76. The molecule has 10 heavy (non-hydrogen) atoms. The van der Waals surface area contributed by atoms with E-state index in [-0.39, 0.29) is 0 Å². The highest BCUT2D eigenvalue weighted by Gasteiger charge is 1.91. The third kappa shape index (κ3) is 2.20. The summed E-state index contributed by atoms with van der Waals surface area (Å²) in [6, 6.07) is 6.30. The van der Waals surface area contributed by atoms with Crippen molar-refractivity contribution in [2.24, 2.45) is 0 Å². The lowest BCUT2D eigenvalue weighted by Crippen LogP contribution is -1.77. The van der Waals surface area contributed by atoms with Gasteiger partial charge in [0.05, 0.1) is 6.07 Å². The van der Waals surface area contributed by atoms with Gasteiger partial charge in [0.2, 0.25) is 0 Å². The molecule has 52 valence electrons. The third-order valence-corrected chi connectivity index (χ3v) is 2.23. The Kier molecular flexibility index (Phi) is 2.98. The van der Waals surface area contributed by atoms with Gasteiger partial charge in [0.1, 0.15) is 0 Å². The van der Waals surface area contributed by atoms with Gasteiger partial charge in [-0.2, -0.15) is 5.26 Å². The van der Waals surface area contributed by atoms with Gasteiger partial charge >= 0.3 is 0 Å². The molecule has 0 aromatic carbocycles. The van der Waals surface area contributed by atoms with Crippen LogP contribution in [0.5, 0.6) is 0 Å². The van der Waals surface area contributed by atoms with Gasteiger partial charge in [-0.1, -0.05) is 6.07 Å². The highest BCUT2D eigenvalue weighted by molar-refractivity contribution is 7.09. The first kappa shape index (κ1) is 7.30. The summed E-state index contributed by atoms with van der Waals surface area (Å²) in [6.07, 6.45) is 2.74. The molecule has 0 spiro atoms. The number of hydrogen-bond acceptors (Lipinski definition) is 2. The predicted molar refractivity (Wildman–Crippen MR) is 42.9 cm³/mol. The van der Waals surface area contributed by atoms with Crippen molar-refractivity contribution in [3.8, 4) is 6.07 Å². The Hall–Kier alpha value is -0.810. The molecule has 0 atom stereocenters. The molecule has 0 bridgehead atoms. The van der Waals surface area contributed by atoms with Gasteiger partial charge in [0.25, 0.3) is 0 Å². The maximum absolute atomic E-state index is 8.25. The van der Waals surface area contributed by atoms with Crippen LogP contribution in [0, 0.1) is 11.3 Å². The van der Waals surface area contributed by atoms with Crippen LogP contribution in [0.15, 0.2) is 17.5 Å². The van der Waals surface area contributed by atoms with Crippen LogP contribution in [0.25, 0.3) is 0 Å². The largest absolute Gasteiger partial charge is 0.198 e. The summed E-state index contributed by atoms with van der Waals surface area (Å²) in [4.78, 5) is 1.38. The summed E-state index contributed by atoms with van der Waals surface area (Å²) in [5.41, 5.74) is 0. The van der Waals surface area contributed by atoms with Crippen LogP contribution < -0.4 is 0 Å². The van der Waals surface area contributed by atoms with E-state index in [0.717, 1.165) is 12.8 Å². The molecule has 2 heteroatoms. The molecule has 0 N–H and O–H groups in total. The fourth-order valence-electron chi connectivity index (χ4n) is 0.797. The second-order valence-corrected chi connectivity index (χ2v) is 3.12. The van der Waals surface area contributed by atoms with Crippen molar-refractivity contribution < 1.29 is 0 Å². The number of aryl methyl sites for hydroxylation is 1. The van der Waals surface area contributed by atoms with Crippen LogP contribution in [0.3, 0.4) is 0 Å². The quantitative estimate of drug-likeness (QED) is 0.609. The monoisotopic (exact) mass is 151 g/mol. The number of thiophene rings is 1. The lowest BCUT2D eigenvalue weighted by Gasteiger charge is -1.89. The molecule has 0 saturated heterocycles. The van der Waals surface area contributed by atoms with E-state index in [4.69, 9.17) is 5.26 Å². The maximum atomic E-state index is 8.25. The highest BCUT2D eigenvalue weighted by Crippen LogP contribution is 2.11. The minimum Gasteiger partial charge on any atom is -0.198 e. The average molecular weight is 151 g/mol. The summed E-state index contributed by atoms with van der Waals surface area (Å²) in [7, 11) is 0. The lowest BCUT2D eigenvalue weighted by molar-refractivity contribution is 0.863. The van der Waals surface area contributed by atoms with Crippen LogP contribution in [-0.4, -0.2) is 0 Å². The van der Waals surface area contributed by atoms with Crippen LogP contribution in [0.4, 0.5) is 0 Å². The smallest absolute Gasteiger partial charge is 0.0621 e. The first-order valence-electron chi connectivity index (χ1n) is 3.33. The minimum atomic E-state index is 0.678. The number of rotatable bonds is 3. The number of unbranched alkanes of at least 4 members (excludes halogenated alkanes) is 1. The Labute approximate surface area is 64.9 Å². The van der Waals surface area contributed by atoms with Gasteiger partial charge in [0.15, 0.2) is 0 Å². The van der Waals surface area contributed by atoms with Crippen LogP contribution in [0.1, 0.15) is 17.7 Å². The zero-order valence-corrected chi connectivity index (χ0v) is 6.53. The van der Waals surface area contributed by atoms with Crippen molar-refractivity contribution in [2.45, 2.75) is 19.3 Å². The molecule has 0 unspecified atom stereocenters. The Morgan fingerprint density at radius 3 is 3.10 bits per heavy atom. The summed E-state index contributed by atoms with van der Waals surface area (Å²) in [5.74, 6) is 0. The first-order valence-corrected chi connectivity index (χ1v) is 4.21. The third-order valence-electron chi connectivity index (χ3n) is 1.29. The molecule has 1 aromatic rings. The fraction of sp³-hybridized carbons (Fsp3) is 0.375. The van der Waals surface area contributed by atoms with Gasteiger partial charge < -0.3 is 0 Å². The Bertz CT molecular complexity index is 208. The van der Waals surface area contributed by atoms with E-state index < -0.39 is 0 Å². The molecule has 0 aliphatic heterocycles. The van der Waals surface area contributed by atoms with Crippen molar-refractivity contribution >= 4 is 11.3 Å². The zero-order chi connectivity index (χ0) is 7.23. The molecule has 1 aromatic heterocycles. The highest BCUT2D eigenvalue weighted by atomic mass is 32.1. The van der Waals surface area contributed by atoms with Gasteiger partial charge in [-0.25, -0.2) is 0 Å². The Morgan fingerprint density at radius 2 is 2.50 bits per heavy atom. The number of hydrogen-bond donors (Lipinski definition) is 0. The summed E-state index contributed by atoms with van der Waals surface area (Å²) in [6.45, 7) is 0. The maximum Gasteiger partial charge on any atom is 0.0621 e. The van der Waals surface area contributed by atoms with E-state index in [2.05, 4.69) is 17.5 Å². The Balaban J connectivity index is 2.23. The van der Waals surface area contributed by atoms with Crippen molar-refractivity contribution in [3.63, 3.8) is 0 Å². The van der Waals surface area contributed by atoms with E-state index in [1.165, 1.54) is 4.88 Å². The van der Waals surface area contributed by atoms with Crippen molar-refractivity contribution in [3.05, 3.63) is 22.4 Å². The van der Waals surface area contributed by atoms with E-state index >= 15 is 0 Å². The van der Waals surface area contributed by atoms with E-state index in [0.29, 0.717) is 6.42 Å². The summed E-state index contributed by atoms with van der Waals surface area (Å²) < 4.78 is 0. The Morgan fingerprint density at radius 1 is 1.60 bits per heavy atom. The van der Waals surface area contributed by atoms with Crippen LogP contribution in [0.2, 0.25) is 0 Å². The topological polar surface area (TPSA) is 23.8 Å². The zero-order valence-electron chi connectivity index (χ0n) is 5.71. The van der Waals surface area contributed by atoms with E-state index in [1.54, 1.807) is 11.3 Å². The first-order chi connectivity index (χ1) is 4.93. The summed E-state index contributed by atoms with van der Waals surface area (Å²) in [5, 5.41) is 10.3. The molecule has 1 rings (SSSR count). The molecule has 1 nitrogen and oxygen atoms in total. The molecule has 1 heterocycles. The van der Waals surface area contributed by atoms with Crippen molar-refractivity contribution in [1.82, 2.24) is 0 Å². The molecular weight excluding hydrogens is 142 g/mol. The van der Waals surface area contributed by atoms with Crippen molar-refractivity contribution in [2.75, 3.05) is 0 Å². The van der Waals surface area contributed by atoms with Crippen molar-refractivity contribution in [1.29, 1.82) is 5.26 Å². The second-order valence-electron chi connectivity index (χ2n) is 2.09. The molecule has 0 fully saturated rings. The van der Waals surface area contributed by atoms with Crippen LogP contribution in [-0.2, 0) is 6.42 Å². The van der Waals surface area contributed by atoms with Gasteiger partial charge in [-0.3, -0.25) is 0 Å². The lowest BCUT2D eigenvalue weighted by atomic mass is 10.2.